The molecule has 2 aliphatic heterocycles. The van der Waals surface area contributed by atoms with Crippen LogP contribution in [0.5, 0.6) is 0 Å². The zero-order chi connectivity index (χ0) is 9.10. The zero-order valence-corrected chi connectivity index (χ0v) is 7.61. The van der Waals surface area contributed by atoms with Crippen molar-refractivity contribution in [2.75, 3.05) is 33.0 Å². The molecule has 0 amide bonds. The summed E-state index contributed by atoms with van der Waals surface area (Å²) in [5.74, 6) is 0. The van der Waals surface area contributed by atoms with Crippen molar-refractivity contribution >= 4 is 0 Å². The maximum atomic E-state index is 5.37. The summed E-state index contributed by atoms with van der Waals surface area (Å²) in [6.07, 6.45) is 0.526. The summed E-state index contributed by atoms with van der Waals surface area (Å²) in [5, 5.41) is 0. The number of rotatable bonds is 7. The van der Waals surface area contributed by atoms with Crippen molar-refractivity contribution in [2.45, 2.75) is 18.3 Å². The molecule has 0 aliphatic carbocycles. The van der Waals surface area contributed by atoms with Gasteiger partial charge in [-0.3, -0.25) is 0 Å². The van der Waals surface area contributed by atoms with Crippen LogP contribution in [-0.4, -0.2) is 51.3 Å². The first-order chi connectivity index (χ1) is 6.34. The largest absolute Gasteiger partial charge is 0.376 e. The molecule has 13 heavy (non-hydrogen) atoms. The number of epoxide rings is 2. The lowest BCUT2D eigenvalue weighted by atomic mass is 10.4. The zero-order valence-electron chi connectivity index (χ0n) is 7.61. The van der Waals surface area contributed by atoms with Crippen molar-refractivity contribution in [2.24, 2.45) is 0 Å². The van der Waals surface area contributed by atoms with Crippen LogP contribution in [0.25, 0.3) is 0 Å². The number of ether oxygens (including phenoxy) is 4. The average Bonchev–Trinajstić information content (AvgIpc) is 2.97. The molecular formula is C9H15O4. The van der Waals surface area contributed by atoms with Crippen LogP contribution in [0.2, 0.25) is 0 Å². The van der Waals surface area contributed by atoms with Crippen molar-refractivity contribution in [3.05, 3.63) is 6.92 Å². The van der Waals surface area contributed by atoms with Crippen LogP contribution < -0.4 is 0 Å². The van der Waals surface area contributed by atoms with Crippen LogP contribution in [-0.2, 0) is 18.9 Å². The van der Waals surface area contributed by atoms with E-state index in [1.807, 2.05) is 0 Å². The van der Waals surface area contributed by atoms with E-state index in [0.29, 0.717) is 32.0 Å². The van der Waals surface area contributed by atoms with Gasteiger partial charge in [0, 0.05) is 0 Å². The Morgan fingerprint density at radius 1 is 1.23 bits per heavy atom. The second-order valence-corrected chi connectivity index (χ2v) is 3.40. The Morgan fingerprint density at radius 3 is 2.46 bits per heavy atom. The summed E-state index contributed by atoms with van der Waals surface area (Å²) in [6.45, 7) is 7.30. The molecule has 4 heteroatoms. The van der Waals surface area contributed by atoms with Crippen LogP contribution in [0.4, 0.5) is 0 Å². The van der Waals surface area contributed by atoms with Crippen LogP contribution in [0.3, 0.4) is 0 Å². The average molecular weight is 187 g/mol. The van der Waals surface area contributed by atoms with Crippen molar-refractivity contribution < 1.29 is 18.9 Å². The van der Waals surface area contributed by atoms with Crippen LogP contribution >= 0.6 is 0 Å². The minimum Gasteiger partial charge on any atom is -0.376 e. The summed E-state index contributed by atoms with van der Waals surface area (Å²) in [4.78, 5) is 0. The van der Waals surface area contributed by atoms with Gasteiger partial charge in [0.2, 0.25) is 0 Å². The minimum atomic E-state index is -0.0945. The molecule has 0 spiro atoms. The van der Waals surface area contributed by atoms with Gasteiger partial charge in [0.1, 0.15) is 12.2 Å². The Balaban J connectivity index is 1.42. The van der Waals surface area contributed by atoms with Crippen molar-refractivity contribution in [1.82, 2.24) is 0 Å². The molecule has 0 aromatic carbocycles. The van der Waals surface area contributed by atoms with Gasteiger partial charge in [0.05, 0.1) is 39.1 Å². The fourth-order valence-electron chi connectivity index (χ4n) is 0.951. The topological polar surface area (TPSA) is 43.5 Å². The SMILES string of the molecule is [CH2][C@H](COCC1CO1)OCC1CO1. The van der Waals surface area contributed by atoms with E-state index in [1.165, 1.54) is 0 Å². The van der Waals surface area contributed by atoms with Gasteiger partial charge in [-0.25, -0.2) is 0 Å². The summed E-state index contributed by atoms with van der Waals surface area (Å²) in [7, 11) is 0. The monoisotopic (exact) mass is 187 g/mol. The summed E-state index contributed by atoms with van der Waals surface area (Å²) >= 11 is 0. The smallest absolute Gasteiger partial charge is 0.104 e. The highest BCUT2D eigenvalue weighted by molar-refractivity contribution is 4.71. The molecule has 0 saturated carbocycles. The fraction of sp³-hybridized carbons (Fsp3) is 0.889. The molecule has 2 fully saturated rings. The van der Waals surface area contributed by atoms with E-state index in [2.05, 4.69) is 6.92 Å². The van der Waals surface area contributed by atoms with E-state index >= 15 is 0 Å². The Hall–Kier alpha value is -0.160. The third kappa shape index (κ3) is 4.04. The van der Waals surface area contributed by atoms with E-state index in [4.69, 9.17) is 18.9 Å². The molecule has 0 bridgehead atoms. The maximum Gasteiger partial charge on any atom is 0.104 e. The predicted octanol–water partition coefficient (Wildman–Crippen LogP) is 0.0199. The Morgan fingerprint density at radius 2 is 1.85 bits per heavy atom. The van der Waals surface area contributed by atoms with E-state index in [9.17, 15) is 0 Å². The highest BCUT2D eigenvalue weighted by Crippen LogP contribution is 2.11. The standard InChI is InChI=1S/C9H15O4/c1-7(11-4-9-6-13-9)2-10-3-8-5-12-8/h7-9H,1-6H2/t7-,8?,9?/m1/s1. The normalized spacial score (nSPS) is 33.0. The maximum absolute atomic E-state index is 5.37. The van der Waals surface area contributed by atoms with Gasteiger partial charge in [-0.15, -0.1) is 0 Å². The van der Waals surface area contributed by atoms with Gasteiger partial charge < -0.3 is 18.9 Å². The second kappa shape index (κ2) is 4.37. The molecular weight excluding hydrogens is 172 g/mol. The summed E-state index contributed by atoms with van der Waals surface area (Å²) < 4.78 is 20.7. The molecule has 4 nitrogen and oxygen atoms in total. The van der Waals surface area contributed by atoms with Crippen molar-refractivity contribution in [3.8, 4) is 0 Å². The van der Waals surface area contributed by atoms with E-state index < -0.39 is 0 Å². The molecule has 75 valence electrons. The van der Waals surface area contributed by atoms with Gasteiger partial charge in [0.25, 0.3) is 0 Å². The highest BCUT2D eigenvalue weighted by Gasteiger charge is 2.24. The van der Waals surface area contributed by atoms with Crippen molar-refractivity contribution in [3.63, 3.8) is 0 Å². The molecule has 2 saturated heterocycles. The lowest BCUT2D eigenvalue weighted by molar-refractivity contribution is -0.00205. The van der Waals surface area contributed by atoms with Gasteiger partial charge in [-0.05, 0) is 6.92 Å². The Bertz CT molecular complexity index is 154. The first-order valence-electron chi connectivity index (χ1n) is 4.60. The lowest BCUT2D eigenvalue weighted by Gasteiger charge is -2.11. The first-order valence-corrected chi connectivity index (χ1v) is 4.60. The van der Waals surface area contributed by atoms with Crippen LogP contribution in [0.15, 0.2) is 0 Å². The molecule has 1 radical (unpaired) electrons. The second-order valence-electron chi connectivity index (χ2n) is 3.40. The molecule has 2 unspecified atom stereocenters. The van der Waals surface area contributed by atoms with Crippen molar-refractivity contribution in [1.29, 1.82) is 0 Å². The molecule has 3 atom stereocenters. The highest BCUT2D eigenvalue weighted by atomic mass is 16.6. The number of hydrogen-bond donors (Lipinski definition) is 0. The Kier molecular flexibility index (Phi) is 3.16. The first kappa shape index (κ1) is 9.40. The third-order valence-corrected chi connectivity index (χ3v) is 1.93. The molecule has 0 aromatic heterocycles. The van der Waals surface area contributed by atoms with Gasteiger partial charge in [-0.1, -0.05) is 0 Å². The fourth-order valence-corrected chi connectivity index (χ4v) is 0.951. The van der Waals surface area contributed by atoms with Gasteiger partial charge in [-0.2, -0.15) is 0 Å². The predicted molar refractivity (Wildman–Crippen MR) is 45.4 cm³/mol. The molecule has 2 heterocycles. The van der Waals surface area contributed by atoms with Gasteiger partial charge in [0.15, 0.2) is 0 Å². The van der Waals surface area contributed by atoms with Crippen LogP contribution in [0, 0.1) is 6.92 Å². The quantitative estimate of drug-likeness (QED) is 0.527. The van der Waals surface area contributed by atoms with E-state index in [-0.39, 0.29) is 6.10 Å². The molecule has 0 aromatic rings. The van der Waals surface area contributed by atoms with E-state index in [0.717, 1.165) is 13.2 Å². The van der Waals surface area contributed by atoms with Gasteiger partial charge >= 0.3 is 0 Å². The summed E-state index contributed by atoms with van der Waals surface area (Å²) in [6, 6.07) is 0. The van der Waals surface area contributed by atoms with Crippen LogP contribution in [0.1, 0.15) is 0 Å². The minimum absolute atomic E-state index is 0.0945. The third-order valence-electron chi connectivity index (χ3n) is 1.93. The molecule has 0 N–H and O–H groups in total. The van der Waals surface area contributed by atoms with E-state index in [1.54, 1.807) is 0 Å². The molecule has 2 rings (SSSR count). The summed E-state index contributed by atoms with van der Waals surface area (Å²) in [5.41, 5.74) is 0. The Labute approximate surface area is 78.1 Å². The number of hydrogen-bond acceptors (Lipinski definition) is 4. The molecule has 2 aliphatic rings. The lowest BCUT2D eigenvalue weighted by Crippen LogP contribution is -2.20.